The molecule has 4 aliphatic heterocycles. The van der Waals surface area contributed by atoms with E-state index in [4.69, 9.17) is 4.99 Å². The average Bonchev–Trinajstić information content (AvgIpc) is 4.40. The average molecular weight is 1140 g/mol. The lowest BCUT2D eigenvalue weighted by Gasteiger charge is -2.31. The molecule has 0 aliphatic carbocycles. The Labute approximate surface area is 489 Å². The number of aromatic amines is 1. The fourth-order valence-electron chi connectivity index (χ4n) is 11.3. The highest BCUT2D eigenvalue weighted by molar-refractivity contribution is 8.13. The molecule has 14 nitrogen and oxygen atoms in total. The highest BCUT2D eigenvalue weighted by Crippen LogP contribution is 2.44. The number of fused-ring (bicyclic) bond motifs is 7. The highest BCUT2D eigenvalue weighted by atomic mass is 32.2. The van der Waals surface area contributed by atoms with Crippen LogP contribution in [0, 0.1) is 0 Å². The number of aliphatic imine (C=N–C) groups is 1. The third kappa shape index (κ3) is 14.7. The molecular formula is C66H74N8O6S2. The lowest BCUT2D eigenvalue weighted by atomic mass is 9.82. The van der Waals surface area contributed by atoms with Crippen LogP contribution in [0.15, 0.2) is 144 Å². The summed E-state index contributed by atoms with van der Waals surface area (Å²) in [7, 11) is 0. The highest BCUT2D eigenvalue weighted by Gasteiger charge is 2.39. The summed E-state index contributed by atoms with van der Waals surface area (Å²) in [6.07, 6.45) is 14.1. The van der Waals surface area contributed by atoms with Crippen molar-refractivity contribution in [1.82, 2.24) is 15.6 Å². The summed E-state index contributed by atoms with van der Waals surface area (Å²) in [6.45, 7) is 7.22. The first-order chi connectivity index (χ1) is 39.9. The molecule has 2 unspecified atom stereocenters. The van der Waals surface area contributed by atoms with Crippen molar-refractivity contribution in [2.45, 2.75) is 135 Å². The predicted molar refractivity (Wildman–Crippen MR) is 335 cm³/mol. The van der Waals surface area contributed by atoms with E-state index in [1.807, 2.05) is 91.0 Å². The van der Waals surface area contributed by atoms with Gasteiger partial charge in [0.25, 0.3) is 0 Å². The number of H-pyrrole nitrogens is 1. The van der Waals surface area contributed by atoms with E-state index < -0.39 is 6.04 Å². The molecule has 0 saturated carbocycles. The number of benzene rings is 4. The number of anilines is 4. The molecule has 16 heteroatoms. The third-order valence-electron chi connectivity index (χ3n) is 15.2. The number of hydrogen-bond acceptors (Lipinski definition) is 11. The Morgan fingerprint density at radius 1 is 0.573 bits per heavy atom. The number of rotatable bonds is 22. The van der Waals surface area contributed by atoms with Gasteiger partial charge in [0, 0.05) is 147 Å². The molecule has 9 rings (SSSR count). The summed E-state index contributed by atoms with van der Waals surface area (Å²) < 4.78 is 0. The van der Waals surface area contributed by atoms with Crippen molar-refractivity contribution in [3.63, 3.8) is 0 Å². The van der Waals surface area contributed by atoms with Crippen LogP contribution >= 0.6 is 23.5 Å². The van der Waals surface area contributed by atoms with Gasteiger partial charge in [0.1, 0.15) is 0 Å². The Morgan fingerprint density at radius 3 is 1.66 bits per heavy atom. The summed E-state index contributed by atoms with van der Waals surface area (Å²) in [5.41, 5.74) is 11.2. The molecule has 7 N–H and O–H groups in total. The molecule has 0 fully saturated rings. The molecule has 0 radical (unpaired) electrons. The maximum Gasteiger partial charge on any atom is 0.224 e. The first-order valence-electron chi connectivity index (χ1n) is 28.9. The van der Waals surface area contributed by atoms with Crippen LogP contribution in [0.4, 0.5) is 22.7 Å². The Morgan fingerprint density at radius 2 is 1.07 bits per heavy atom. The van der Waals surface area contributed by atoms with E-state index in [9.17, 15) is 28.8 Å². The van der Waals surface area contributed by atoms with Gasteiger partial charge in [-0.1, -0.05) is 135 Å². The second-order valence-corrected chi connectivity index (χ2v) is 23.7. The summed E-state index contributed by atoms with van der Waals surface area (Å²) in [6, 6.07) is 34.8. The van der Waals surface area contributed by atoms with Crippen molar-refractivity contribution in [3.05, 3.63) is 172 Å². The maximum absolute atomic E-state index is 13.8. The number of hydrogen-bond donors (Lipinski definition) is 7. The van der Waals surface area contributed by atoms with Crippen molar-refractivity contribution >= 4 is 103 Å². The zero-order valence-electron chi connectivity index (χ0n) is 47.3. The lowest BCUT2D eigenvalue weighted by Crippen LogP contribution is -2.37. The lowest BCUT2D eigenvalue weighted by molar-refractivity contribution is -0.117. The van der Waals surface area contributed by atoms with Crippen LogP contribution in [0.5, 0.6) is 0 Å². The maximum atomic E-state index is 13.8. The second-order valence-electron chi connectivity index (χ2n) is 21.2. The Kier molecular flexibility index (Phi) is 20.4. The topological polar surface area (TPSA) is 203 Å². The van der Waals surface area contributed by atoms with Crippen LogP contribution in [0.2, 0.25) is 0 Å². The van der Waals surface area contributed by atoms with Gasteiger partial charge in [0.2, 0.25) is 23.6 Å². The van der Waals surface area contributed by atoms with Gasteiger partial charge in [-0.2, -0.15) is 0 Å². The molecule has 5 aromatic rings. The first-order valence-corrected chi connectivity index (χ1v) is 30.9. The first kappa shape index (κ1) is 58.9. The van der Waals surface area contributed by atoms with Gasteiger partial charge in [0.15, 0.2) is 10.2 Å². The largest absolute Gasteiger partial charge is 0.381 e. The molecule has 8 bridgehead atoms. The summed E-state index contributed by atoms with van der Waals surface area (Å²) in [5.74, 6) is 0.434. The fourth-order valence-corrected chi connectivity index (χ4v) is 12.5. The number of thioether (sulfide) groups is 2. The van der Waals surface area contributed by atoms with Crippen LogP contribution in [-0.2, 0) is 28.8 Å². The van der Waals surface area contributed by atoms with Crippen molar-refractivity contribution in [3.8, 4) is 0 Å². The normalized spacial score (nSPS) is 20.2. The van der Waals surface area contributed by atoms with E-state index in [1.165, 1.54) is 37.4 Å². The molecule has 426 valence electrons. The quantitative estimate of drug-likeness (QED) is 0.0327. The molecule has 0 saturated heterocycles. The summed E-state index contributed by atoms with van der Waals surface area (Å²) in [4.78, 5) is 87.9. The van der Waals surface area contributed by atoms with E-state index in [0.29, 0.717) is 73.5 Å². The van der Waals surface area contributed by atoms with Crippen molar-refractivity contribution in [2.24, 2.45) is 4.99 Å². The minimum atomic E-state index is -0.459. The Balaban J connectivity index is 1.27. The van der Waals surface area contributed by atoms with Gasteiger partial charge in [0.05, 0.1) is 12.1 Å². The number of carbonyl (C=O) groups excluding carboxylic acids is 6. The number of amides is 4. The van der Waals surface area contributed by atoms with Gasteiger partial charge in [-0.05, 0) is 93.0 Å². The van der Waals surface area contributed by atoms with Crippen LogP contribution in [-0.4, -0.2) is 74.2 Å². The zero-order chi connectivity index (χ0) is 57.5. The van der Waals surface area contributed by atoms with E-state index in [1.54, 1.807) is 0 Å². The van der Waals surface area contributed by atoms with Crippen LogP contribution in [0.1, 0.15) is 139 Å². The van der Waals surface area contributed by atoms with Crippen LogP contribution in [0.3, 0.4) is 0 Å². The molecule has 1 aromatic heterocycles. The number of para-hydroxylation sites is 4. The summed E-state index contributed by atoms with van der Waals surface area (Å²) in [5, 5.41) is 22.6. The van der Waals surface area contributed by atoms with Gasteiger partial charge in [-0.25, -0.2) is 0 Å². The number of carbonyl (C=O) groups is 6. The van der Waals surface area contributed by atoms with E-state index >= 15 is 0 Å². The number of allylic oxidation sites excluding steroid dienone is 2. The summed E-state index contributed by atoms with van der Waals surface area (Å²) >= 11 is 2.43. The molecule has 4 aromatic carbocycles. The standard InChI is InChI=1S/C66H74N8O6S2/c1-5-7-27-59(77)71-47-23-13-9-19-43(47)63-51-31-32-52(67-51)64(44-20-10-14-24-48(44)72-60(78)28-8-6-2)54-34-36-56(69-54)66(46-22-12-16-26-50(46)74-62(80)30-18-40-82-42(4)76)58-38-37-57(70-58)65(55-35-33-53(63)68-55)45-21-11-15-25-49(45)73-61(79)29-17-39-81-41(3)75/h9-16,19-26,31,33,35,37-38,52,54-55,64,67-68,70H,5-8,17-18,27-30,32,34,36,39-40H2,1-4H3,(H,71,77)(H,72,78)(H,73,79)(H,74,80)/b63-53-,65-57-,66-58-/t52?,54-,55?,64-/m0/s1. The molecule has 5 heterocycles. The third-order valence-corrected chi connectivity index (χ3v) is 17.0. The zero-order valence-corrected chi connectivity index (χ0v) is 48.9. The predicted octanol–water partition coefficient (Wildman–Crippen LogP) is 11.3. The molecule has 4 atom stereocenters. The minimum Gasteiger partial charge on any atom is -0.381 e. The number of nitrogens with one attached hydrogen (secondary N) is 7. The van der Waals surface area contributed by atoms with Crippen LogP contribution < -0.4 is 42.6 Å². The van der Waals surface area contributed by atoms with Crippen LogP contribution in [0.25, 0.3) is 16.7 Å². The SMILES string of the molecule is CCCCC(=O)Nc1ccccc1/C1=C2\C=CC(N2)/C(c2ccccc2NC(=O)CCCSC(C)=O)=c2/cc/c([nH]2)=C(\c2ccccc2NC(=O)CCCSC(C)=O)C2=N[C@@H](CC2)[C@@H](c2ccccc2NC(=O)CCCC)C2CC=C1N2. The van der Waals surface area contributed by atoms with Crippen molar-refractivity contribution < 1.29 is 28.8 Å². The molecule has 4 amide bonds. The number of aromatic nitrogens is 1. The Hall–Kier alpha value is -7.69. The molecule has 4 aliphatic rings. The van der Waals surface area contributed by atoms with E-state index in [-0.39, 0.29) is 64.7 Å². The van der Waals surface area contributed by atoms with Gasteiger partial charge >= 0.3 is 0 Å². The smallest absolute Gasteiger partial charge is 0.224 e. The Bertz CT molecular complexity index is 3490. The molecule has 0 spiro atoms. The fraction of sp³-hybridized carbons (Fsp3) is 0.348. The van der Waals surface area contributed by atoms with Gasteiger partial charge in [-0.15, -0.1) is 0 Å². The second kappa shape index (κ2) is 28.3. The van der Waals surface area contributed by atoms with Gasteiger partial charge < -0.3 is 36.9 Å². The number of nitrogens with zero attached hydrogens (tertiary/aromatic N) is 1. The van der Waals surface area contributed by atoms with E-state index in [2.05, 4.69) is 87.2 Å². The molecule has 82 heavy (non-hydrogen) atoms. The van der Waals surface area contributed by atoms with Gasteiger partial charge in [-0.3, -0.25) is 33.8 Å². The molecular weight excluding hydrogens is 1060 g/mol. The number of unbranched alkanes of at least 4 members (excludes halogenated alkanes) is 2. The monoisotopic (exact) mass is 1140 g/mol. The minimum absolute atomic E-state index is 0.0150. The van der Waals surface area contributed by atoms with Crippen molar-refractivity contribution in [1.29, 1.82) is 0 Å². The van der Waals surface area contributed by atoms with E-state index in [0.717, 1.165) is 98.1 Å². The van der Waals surface area contributed by atoms with Crippen molar-refractivity contribution in [2.75, 3.05) is 32.8 Å².